The molecule has 20 heteroatoms. The molecule has 10 nitrogen and oxygen atoms in total. The third-order valence-corrected chi connectivity index (χ3v) is 11.9. The SMILES string of the molecule is CC(=O)C(C)c1ccc(OC(F)(F)C(F)(F)F)cc1.CC(=O)C(C)c1ccc(OC(F)(F)F)cc1.CC(=O)C(C)c1ccc(OC(F)F)cc1.CCC(C(C)=O)c1ccc(OC)cc1.CCOc1ccc(C(CC)C(C)=O)cc1. The first-order valence-corrected chi connectivity index (χ1v) is 24.7. The van der Waals surface area contributed by atoms with Crippen molar-refractivity contribution in [3.63, 3.8) is 0 Å². The highest BCUT2D eigenvalue weighted by molar-refractivity contribution is 5.85. The van der Waals surface area contributed by atoms with Gasteiger partial charge in [-0.05, 0) is 143 Å². The van der Waals surface area contributed by atoms with Gasteiger partial charge >= 0.3 is 25.3 Å². The van der Waals surface area contributed by atoms with E-state index in [2.05, 4.69) is 14.2 Å². The average molecular weight is 1130 g/mol. The molecular weight excluding hydrogens is 1060 g/mol. The highest BCUT2D eigenvalue weighted by Gasteiger charge is 2.61. The first kappa shape index (κ1) is 69.8. The Bertz CT molecular complexity index is 2620. The van der Waals surface area contributed by atoms with Crippen molar-refractivity contribution in [1.82, 2.24) is 0 Å². The molecule has 0 bridgehead atoms. The van der Waals surface area contributed by atoms with Crippen molar-refractivity contribution in [2.75, 3.05) is 13.7 Å². The molecule has 0 saturated heterocycles. The van der Waals surface area contributed by atoms with Gasteiger partial charge in [-0.3, -0.25) is 24.0 Å². The highest BCUT2D eigenvalue weighted by Crippen LogP contribution is 2.38. The molecule has 5 rings (SSSR count). The van der Waals surface area contributed by atoms with Crippen molar-refractivity contribution in [2.45, 2.75) is 144 Å². The molecule has 0 amide bonds. The highest BCUT2D eigenvalue weighted by atomic mass is 19.4. The number of methoxy groups -OCH3 is 1. The summed E-state index contributed by atoms with van der Waals surface area (Å²) in [5.41, 5.74) is 4.12. The molecule has 0 fully saturated rings. The van der Waals surface area contributed by atoms with Crippen molar-refractivity contribution in [3.05, 3.63) is 149 Å². The van der Waals surface area contributed by atoms with Gasteiger partial charge in [0, 0.05) is 29.6 Å². The van der Waals surface area contributed by atoms with Gasteiger partial charge in [0.05, 0.1) is 13.7 Å². The van der Waals surface area contributed by atoms with E-state index >= 15 is 0 Å². The van der Waals surface area contributed by atoms with Crippen LogP contribution >= 0.6 is 0 Å². The minimum Gasteiger partial charge on any atom is -0.497 e. The number of alkyl halides is 10. The van der Waals surface area contributed by atoms with Gasteiger partial charge in [0.1, 0.15) is 57.7 Å². The maximum absolute atomic E-state index is 12.6. The fourth-order valence-electron chi connectivity index (χ4n) is 6.95. The molecule has 0 N–H and O–H groups in total. The Morgan fingerprint density at radius 3 is 0.962 bits per heavy atom. The van der Waals surface area contributed by atoms with Gasteiger partial charge in [-0.1, -0.05) is 95.3 Å². The fourth-order valence-corrected chi connectivity index (χ4v) is 6.95. The molecule has 434 valence electrons. The Kier molecular flexibility index (Phi) is 29.4. The lowest BCUT2D eigenvalue weighted by Crippen LogP contribution is -2.41. The zero-order chi connectivity index (χ0) is 60.4. The Labute approximate surface area is 454 Å². The minimum atomic E-state index is -5.78. The Morgan fingerprint density at radius 2 is 0.709 bits per heavy atom. The second-order valence-corrected chi connectivity index (χ2v) is 17.7. The van der Waals surface area contributed by atoms with Gasteiger partial charge in [0.15, 0.2) is 0 Å². The van der Waals surface area contributed by atoms with Crippen LogP contribution in [0.25, 0.3) is 0 Å². The van der Waals surface area contributed by atoms with E-state index in [1.54, 1.807) is 53.9 Å². The lowest BCUT2D eigenvalue weighted by molar-refractivity contribution is -0.360. The third kappa shape index (κ3) is 25.4. The van der Waals surface area contributed by atoms with E-state index in [1.165, 1.54) is 69.3 Å². The van der Waals surface area contributed by atoms with E-state index in [-0.39, 0.29) is 64.1 Å². The monoisotopic (exact) mass is 1130 g/mol. The summed E-state index contributed by atoms with van der Waals surface area (Å²) in [6.45, 7) is 16.5. The summed E-state index contributed by atoms with van der Waals surface area (Å²) in [5.74, 6) is 0.241. The minimum absolute atomic E-state index is 0.0284. The number of ether oxygens (including phenoxy) is 5. The van der Waals surface area contributed by atoms with E-state index in [0.29, 0.717) is 17.7 Å². The van der Waals surface area contributed by atoms with Crippen molar-refractivity contribution in [3.8, 4) is 28.7 Å². The van der Waals surface area contributed by atoms with Crippen LogP contribution in [0, 0.1) is 0 Å². The van der Waals surface area contributed by atoms with Crippen LogP contribution in [0.2, 0.25) is 0 Å². The number of ketones is 5. The number of benzene rings is 5. The predicted molar refractivity (Wildman–Crippen MR) is 280 cm³/mol. The van der Waals surface area contributed by atoms with Gasteiger partial charge in [-0.15, -0.1) is 13.2 Å². The molecule has 79 heavy (non-hydrogen) atoms. The number of Topliss-reactive ketones (excluding diaryl/α,β-unsaturated/α-hetero) is 5. The van der Waals surface area contributed by atoms with E-state index < -0.39 is 36.9 Å². The average Bonchev–Trinajstić information content (AvgIpc) is 3.37. The maximum Gasteiger partial charge on any atom is 0.573 e. The first-order valence-electron chi connectivity index (χ1n) is 24.7. The van der Waals surface area contributed by atoms with Gasteiger partial charge < -0.3 is 23.7 Å². The summed E-state index contributed by atoms with van der Waals surface area (Å²) >= 11 is 0. The Hall–Kier alpha value is -7.25. The normalized spacial score (nSPS) is 12.9. The fraction of sp³-hybridized carbons (Fsp3) is 0.407. The second-order valence-electron chi connectivity index (χ2n) is 17.7. The molecule has 5 aromatic carbocycles. The molecule has 0 aromatic heterocycles. The van der Waals surface area contributed by atoms with Crippen LogP contribution in [-0.4, -0.2) is 67.9 Å². The number of carbonyl (C=O) groups is 5. The molecule has 5 unspecified atom stereocenters. The molecule has 0 heterocycles. The van der Waals surface area contributed by atoms with Crippen molar-refractivity contribution < 1.29 is 91.6 Å². The van der Waals surface area contributed by atoms with E-state index in [4.69, 9.17) is 9.47 Å². The second kappa shape index (κ2) is 33.2. The third-order valence-electron chi connectivity index (χ3n) is 11.9. The molecule has 0 aliphatic rings. The zero-order valence-corrected chi connectivity index (χ0v) is 46.0. The molecule has 0 radical (unpaired) electrons. The van der Waals surface area contributed by atoms with E-state index in [0.717, 1.165) is 53.2 Å². The Morgan fingerprint density at radius 1 is 0.418 bits per heavy atom. The van der Waals surface area contributed by atoms with Crippen LogP contribution < -0.4 is 23.7 Å². The molecule has 5 atom stereocenters. The lowest BCUT2D eigenvalue weighted by atomic mass is 9.93. The summed E-state index contributed by atoms with van der Waals surface area (Å²) in [4.78, 5) is 55.8. The topological polar surface area (TPSA) is 132 Å². The van der Waals surface area contributed by atoms with Gasteiger partial charge in [-0.2, -0.15) is 30.7 Å². The summed E-state index contributed by atoms with van der Waals surface area (Å²) in [7, 11) is 1.64. The molecule has 5 aromatic rings. The van der Waals surface area contributed by atoms with Crippen LogP contribution in [0.15, 0.2) is 121 Å². The quantitative estimate of drug-likeness (QED) is 0.0694. The van der Waals surface area contributed by atoms with Crippen LogP contribution in [0.3, 0.4) is 0 Å². The predicted octanol–water partition coefficient (Wildman–Crippen LogP) is 16.1. The van der Waals surface area contributed by atoms with Gasteiger partial charge in [0.2, 0.25) is 0 Å². The molecule has 0 aliphatic heterocycles. The van der Waals surface area contributed by atoms with Crippen LogP contribution in [0.5, 0.6) is 28.7 Å². The molecular formula is C59H68F10O10. The number of rotatable bonds is 20. The van der Waals surface area contributed by atoms with Crippen molar-refractivity contribution in [2.24, 2.45) is 0 Å². The van der Waals surface area contributed by atoms with E-state index in [1.807, 2.05) is 69.3 Å². The summed E-state index contributed by atoms with van der Waals surface area (Å²) < 4.78 is 142. The standard InChI is InChI=1S/C13H18O2.C12H11F5O2.C12H16O2.C11H11F3O2.C11H12F2O2/c1-4-13(10(3)14)11-6-8-12(9-7-11)15-5-2;1-7(8(2)18)9-3-5-10(6-4-9)19-12(16,17)11(13,14)15;1-4-12(9(2)13)10-5-7-11(14-3)8-6-10;1-7(8(2)15)9-3-5-10(6-4-9)16-11(12,13)14;1-7(8(2)14)9-3-5-10(6-4-9)15-11(12)13/h6-9,13H,4-5H2,1-3H3;3-7H,1-2H3;5-8,12H,4H2,1-3H3;3-7H,1-2H3;3-7,11H,1-2H3. The Balaban J connectivity index is 0.000000496. The largest absolute Gasteiger partial charge is 0.573 e. The number of halogens is 10. The van der Waals surface area contributed by atoms with Crippen LogP contribution in [-0.2, 0) is 24.0 Å². The van der Waals surface area contributed by atoms with Crippen LogP contribution in [0.1, 0.15) is 146 Å². The van der Waals surface area contributed by atoms with E-state index in [9.17, 15) is 67.9 Å². The molecule has 0 aliphatic carbocycles. The molecule has 0 saturated carbocycles. The van der Waals surface area contributed by atoms with Gasteiger partial charge in [0.25, 0.3) is 0 Å². The number of carbonyl (C=O) groups excluding carboxylic acids is 5. The van der Waals surface area contributed by atoms with Gasteiger partial charge in [-0.25, -0.2) is 0 Å². The van der Waals surface area contributed by atoms with Crippen LogP contribution in [0.4, 0.5) is 43.9 Å². The smallest absolute Gasteiger partial charge is 0.497 e. The number of hydrogen-bond donors (Lipinski definition) is 0. The summed E-state index contributed by atoms with van der Waals surface area (Å²) in [6.07, 6.45) is -14.0. The van der Waals surface area contributed by atoms with Crippen molar-refractivity contribution in [1.29, 1.82) is 0 Å². The summed E-state index contributed by atoms with van der Waals surface area (Å²) in [6, 6.07) is 31.3. The van der Waals surface area contributed by atoms with Crippen molar-refractivity contribution >= 4 is 28.9 Å². The summed E-state index contributed by atoms with van der Waals surface area (Å²) in [5, 5.41) is 0. The lowest BCUT2D eigenvalue weighted by Gasteiger charge is -2.20. The zero-order valence-electron chi connectivity index (χ0n) is 46.0. The maximum atomic E-state index is 12.6. The number of hydrogen-bond acceptors (Lipinski definition) is 10. The first-order chi connectivity index (χ1) is 36.7. The molecule has 0 spiro atoms.